The van der Waals surface area contributed by atoms with Crippen molar-refractivity contribution in [1.29, 1.82) is 0 Å². The van der Waals surface area contributed by atoms with E-state index in [1.54, 1.807) is 48.1 Å². The van der Waals surface area contributed by atoms with E-state index in [2.05, 4.69) is 15.5 Å². The number of hydrazone groups is 1. The molecule has 0 aliphatic carbocycles. The number of rotatable bonds is 8. The highest BCUT2D eigenvalue weighted by molar-refractivity contribution is 6.02. The highest BCUT2D eigenvalue weighted by Crippen LogP contribution is 2.16. The first-order chi connectivity index (χ1) is 16.5. The molecule has 2 heterocycles. The molecule has 174 valence electrons. The van der Waals surface area contributed by atoms with E-state index in [4.69, 9.17) is 4.74 Å². The van der Waals surface area contributed by atoms with Crippen molar-refractivity contribution < 1.29 is 19.1 Å². The van der Waals surface area contributed by atoms with Crippen LogP contribution < -0.4 is 5.32 Å². The van der Waals surface area contributed by atoms with Gasteiger partial charge in [0.25, 0.3) is 0 Å². The van der Waals surface area contributed by atoms with E-state index in [1.807, 2.05) is 30.3 Å². The molecule has 1 aliphatic rings. The average Bonchev–Trinajstić information content (AvgIpc) is 3.54. The number of carbonyl (C=O) groups excluding carboxylic acids is 3. The summed E-state index contributed by atoms with van der Waals surface area (Å²) < 4.78 is 6.49. The van der Waals surface area contributed by atoms with Crippen molar-refractivity contribution in [3.63, 3.8) is 0 Å². The van der Waals surface area contributed by atoms with Crippen LogP contribution in [0.2, 0.25) is 0 Å². The summed E-state index contributed by atoms with van der Waals surface area (Å²) in [5, 5.41) is 12.9. The number of hydrogen-bond donors (Lipinski definition) is 1. The highest BCUT2D eigenvalue weighted by Gasteiger charge is 2.22. The van der Waals surface area contributed by atoms with Gasteiger partial charge in [-0.05, 0) is 42.8 Å². The molecule has 0 spiro atoms. The molecule has 1 aliphatic heterocycles. The molecule has 9 nitrogen and oxygen atoms in total. The molecule has 0 atom stereocenters. The summed E-state index contributed by atoms with van der Waals surface area (Å²) in [5.74, 6) is -0.903. The van der Waals surface area contributed by atoms with Gasteiger partial charge in [0.05, 0.1) is 24.6 Å². The maximum absolute atomic E-state index is 12.5. The lowest BCUT2D eigenvalue weighted by Gasteiger charge is -2.11. The Labute approximate surface area is 197 Å². The fourth-order valence-electron chi connectivity index (χ4n) is 3.52. The predicted octanol–water partition coefficient (Wildman–Crippen LogP) is 3.40. The van der Waals surface area contributed by atoms with Gasteiger partial charge in [-0.25, -0.2) is 14.5 Å². The molecule has 0 saturated heterocycles. The number of benzene rings is 2. The third-order valence-corrected chi connectivity index (χ3v) is 5.25. The van der Waals surface area contributed by atoms with E-state index in [1.165, 1.54) is 5.01 Å². The standard InChI is InChI=1S/C25H25N5O4/c1-2-34-25(33)22-15-16-29(28-22)20-10-8-19(9-11-20)26-23(31)12-13-24(32)30-17-14-21(27-30)18-6-4-3-5-7-18/h3-11,15-16H,2,12-14,17H2,1H3,(H,26,31). The third kappa shape index (κ3) is 5.55. The molecule has 0 fully saturated rings. The molecule has 0 saturated carbocycles. The van der Waals surface area contributed by atoms with Crippen LogP contribution >= 0.6 is 0 Å². The topological polar surface area (TPSA) is 106 Å². The van der Waals surface area contributed by atoms with E-state index in [0.29, 0.717) is 18.7 Å². The lowest BCUT2D eigenvalue weighted by atomic mass is 10.1. The predicted molar refractivity (Wildman–Crippen MR) is 127 cm³/mol. The normalized spacial score (nSPS) is 12.9. The van der Waals surface area contributed by atoms with E-state index in [-0.39, 0.29) is 37.0 Å². The van der Waals surface area contributed by atoms with Crippen molar-refractivity contribution in [1.82, 2.24) is 14.8 Å². The number of carbonyl (C=O) groups is 3. The summed E-state index contributed by atoms with van der Waals surface area (Å²) in [5.41, 5.74) is 3.44. The average molecular weight is 460 g/mol. The van der Waals surface area contributed by atoms with Crippen molar-refractivity contribution in [3.05, 3.63) is 78.1 Å². The summed E-state index contributed by atoms with van der Waals surface area (Å²) >= 11 is 0. The molecule has 3 aromatic rings. The van der Waals surface area contributed by atoms with Gasteiger partial charge in [0, 0.05) is 31.1 Å². The monoisotopic (exact) mass is 459 g/mol. The van der Waals surface area contributed by atoms with Gasteiger partial charge in [-0.1, -0.05) is 30.3 Å². The fraction of sp³-hybridized carbons (Fsp3) is 0.240. The van der Waals surface area contributed by atoms with Gasteiger partial charge in [0.1, 0.15) is 0 Å². The van der Waals surface area contributed by atoms with Gasteiger partial charge < -0.3 is 10.1 Å². The Morgan fingerprint density at radius 1 is 1.00 bits per heavy atom. The molecule has 1 aromatic heterocycles. The zero-order valence-corrected chi connectivity index (χ0v) is 18.8. The first kappa shape index (κ1) is 22.9. The molecule has 34 heavy (non-hydrogen) atoms. The first-order valence-corrected chi connectivity index (χ1v) is 11.1. The second-order valence-electron chi connectivity index (χ2n) is 7.64. The molecular formula is C25H25N5O4. The van der Waals surface area contributed by atoms with Gasteiger partial charge in [-0.2, -0.15) is 10.2 Å². The molecule has 1 N–H and O–H groups in total. The quantitative estimate of drug-likeness (QED) is 0.520. The van der Waals surface area contributed by atoms with Gasteiger partial charge >= 0.3 is 5.97 Å². The van der Waals surface area contributed by atoms with Crippen LogP contribution in [0.3, 0.4) is 0 Å². The van der Waals surface area contributed by atoms with Gasteiger partial charge in [0.2, 0.25) is 11.8 Å². The largest absolute Gasteiger partial charge is 0.461 e. The minimum absolute atomic E-state index is 0.0648. The maximum atomic E-state index is 12.5. The summed E-state index contributed by atoms with van der Waals surface area (Å²) in [4.78, 5) is 36.6. The molecule has 2 amide bonds. The maximum Gasteiger partial charge on any atom is 0.358 e. The van der Waals surface area contributed by atoms with Crippen LogP contribution in [0.5, 0.6) is 0 Å². The van der Waals surface area contributed by atoms with Crippen LogP contribution in [0.15, 0.2) is 72.0 Å². The number of hydrogen-bond acceptors (Lipinski definition) is 6. The smallest absolute Gasteiger partial charge is 0.358 e. The van der Waals surface area contributed by atoms with Crippen LogP contribution in [0.4, 0.5) is 5.69 Å². The van der Waals surface area contributed by atoms with Crippen LogP contribution in [0.25, 0.3) is 5.69 Å². The highest BCUT2D eigenvalue weighted by atomic mass is 16.5. The van der Waals surface area contributed by atoms with E-state index < -0.39 is 5.97 Å². The lowest BCUT2D eigenvalue weighted by Crippen LogP contribution is -2.25. The molecular weight excluding hydrogens is 434 g/mol. The summed E-state index contributed by atoms with van der Waals surface area (Å²) in [6, 6.07) is 18.3. The molecule has 0 radical (unpaired) electrons. The van der Waals surface area contributed by atoms with Crippen molar-refractivity contribution in [2.45, 2.75) is 26.2 Å². The van der Waals surface area contributed by atoms with Crippen molar-refractivity contribution in [2.24, 2.45) is 5.10 Å². The minimum Gasteiger partial charge on any atom is -0.461 e. The molecule has 0 bridgehead atoms. The van der Waals surface area contributed by atoms with Crippen LogP contribution in [0.1, 0.15) is 42.2 Å². The van der Waals surface area contributed by atoms with E-state index in [9.17, 15) is 14.4 Å². The van der Waals surface area contributed by atoms with Gasteiger partial charge in [-0.3, -0.25) is 9.59 Å². The summed E-state index contributed by atoms with van der Waals surface area (Å²) in [6.07, 6.45) is 2.51. The zero-order chi connectivity index (χ0) is 23.9. The van der Waals surface area contributed by atoms with Crippen molar-refractivity contribution in [2.75, 3.05) is 18.5 Å². The van der Waals surface area contributed by atoms with Crippen molar-refractivity contribution >= 4 is 29.2 Å². The Balaban J connectivity index is 1.27. The Morgan fingerprint density at radius 2 is 1.76 bits per heavy atom. The third-order valence-electron chi connectivity index (χ3n) is 5.25. The van der Waals surface area contributed by atoms with E-state index >= 15 is 0 Å². The fourth-order valence-corrected chi connectivity index (χ4v) is 3.52. The molecule has 2 aromatic carbocycles. The second kappa shape index (κ2) is 10.6. The Morgan fingerprint density at radius 3 is 2.50 bits per heavy atom. The SMILES string of the molecule is CCOC(=O)c1ccn(-c2ccc(NC(=O)CCC(=O)N3CCC(c4ccccc4)=N3)cc2)n1. The Hall–Kier alpha value is -4.27. The van der Waals surface area contributed by atoms with Crippen LogP contribution in [-0.4, -0.2) is 51.4 Å². The summed E-state index contributed by atoms with van der Waals surface area (Å²) in [7, 11) is 0. The Bertz CT molecular complexity index is 1200. The van der Waals surface area contributed by atoms with Gasteiger partial charge in [-0.15, -0.1) is 0 Å². The number of ether oxygens (including phenoxy) is 1. The minimum atomic E-state index is -0.476. The molecule has 4 rings (SSSR count). The number of nitrogens with zero attached hydrogens (tertiary/aromatic N) is 4. The second-order valence-corrected chi connectivity index (χ2v) is 7.64. The van der Waals surface area contributed by atoms with E-state index in [0.717, 1.165) is 17.0 Å². The molecule has 0 unspecified atom stereocenters. The van der Waals surface area contributed by atoms with Crippen LogP contribution in [0, 0.1) is 0 Å². The van der Waals surface area contributed by atoms with Crippen LogP contribution in [-0.2, 0) is 14.3 Å². The summed E-state index contributed by atoms with van der Waals surface area (Å²) in [6.45, 7) is 2.54. The molecule has 9 heteroatoms. The zero-order valence-electron chi connectivity index (χ0n) is 18.8. The lowest BCUT2D eigenvalue weighted by molar-refractivity contribution is -0.132. The number of anilines is 1. The number of esters is 1. The van der Waals surface area contributed by atoms with Crippen molar-refractivity contribution in [3.8, 4) is 5.69 Å². The number of amides is 2. The van der Waals surface area contributed by atoms with Gasteiger partial charge in [0.15, 0.2) is 5.69 Å². The number of aromatic nitrogens is 2. The first-order valence-electron chi connectivity index (χ1n) is 11.1. The Kier molecular flexibility index (Phi) is 7.12. The number of nitrogens with one attached hydrogen (secondary N) is 1.